The van der Waals surface area contributed by atoms with E-state index in [0.29, 0.717) is 6.54 Å². The summed E-state index contributed by atoms with van der Waals surface area (Å²) >= 11 is 5.72. The van der Waals surface area contributed by atoms with Crippen LogP contribution in [0.4, 0.5) is 4.39 Å². The van der Waals surface area contributed by atoms with Crippen molar-refractivity contribution in [2.75, 3.05) is 6.54 Å². The molecule has 0 aliphatic heterocycles. The minimum Gasteiger partial charge on any atom is -0.486 e. The Hall–Kier alpha value is -1.52. The maximum Gasteiger partial charge on any atom is 0.183 e. The summed E-state index contributed by atoms with van der Waals surface area (Å²) in [4.78, 5) is 0. The van der Waals surface area contributed by atoms with Crippen molar-refractivity contribution >= 4 is 11.6 Å². The molecule has 0 radical (unpaired) electrons. The highest BCUT2D eigenvalue weighted by molar-refractivity contribution is 6.30. The number of nitrogens with one attached hydrogen (secondary N) is 1. The van der Waals surface area contributed by atoms with Gasteiger partial charge in [0.1, 0.15) is 18.1 Å². The Balaban J connectivity index is 1.98. The smallest absolute Gasteiger partial charge is 0.183 e. The molecule has 1 aromatic carbocycles. The molecule has 0 amide bonds. The maximum atomic E-state index is 13.7. The average molecular weight is 312 g/mol. The van der Waals surface area contributed by atoms with E-state index in [9.17, 15) is 4.39 Å². The van der Waals surface area contributed by atoms with Crippen LogP contribution in [0.3, 0.4) is 0 Å². The van der Waals surface area contributed by atoms with Gasteiger partial charge in [-0.15, -0.1) is 0 Å². The monoisotopic (exact) mass is 311 g/mol. The normalized spacial score (nSPS) is 10.9. The maximum absolute atomic E-state index is 13.7. The summed E-state index contributed by atoms with van der Waals surface area (Å²) < 4.78 is 24.9. The molecule has 0 saturated heterocycles. The van der Waals surface area contributed by atoms with Gasteiger partial charge in [0.2, 0.25) is 0 Å². The van der Waals surface area contributed by atoms with Crippen LogP contribution in [0.2, 0.25) is 5.02 Å². The minimum atomic E-state index is -0.537. The average Bonchev–Trinajstić information content (AvgIpc) is 2.81. The van der Waals surface area contributed by atoms with Gasteiger partial charge in [-0.25, -0.2) is 4.39 Å². The molecule has 1 heterocycles. The van der Waals surface area contributed by atoms with Crippen LogP contribution in [0.5, 0.6) is 5.75 Å². The first kappa shape index (κ1) is 15.9. The van der Waals surface area contributed by atoms with E-state index in [0.717, 1.165) is 30.0 Å². The van der Waals surface area contributed by atoms with E-state index in [2.05, 4.69) is 12.2 Å². The zero-order valence-electron chi connectivity index (χ0n) is 12.2. The van der Waals surface area contributed by atoms with Crippen molar-refractivity contribution in [3.05, 3.63) is 52.2 Å². The third kappa shape index (κ3) is 4.22. The number of hydrogen-bond donors (Lipinski definition) is 1. The van der Waals surface area contributed by atoms with Gasteiger partial charge < -0.3 is 14.5 Å². The molecule has 114 valence electrons. The molecule has 2 aromatic rings. The molecule has 0 fully saturated rings. The van der Waals surface area contributed by atoms with Gasteiger partial charge >= 0.3 is 0 Å². The fraction of sp³-hybridized carbons (Fsp3) is 0.375. The molecule has 5 heteroatoms. The van der Waals surface area contributed by atoms with Gasteiger partial charge in [0.05, 0.1) is 11.6 Å². The molecule has 1 aromatic heterocycles. The Morgan fingerprint density at radius 2 is 2.19 bits per heavy atom. The number of rotatable bonds is 7. The zero-order valence-corrected chi connectivity index (χ0v) is 13.0. The summed E-state index contributed by atoms with van der Waals surface area (Å²) in [6.45, 7) is 5.86. The van der Waals surface area contributed by atoms with E-state index in [1.54, 1.807) is 12.1 Å². The van der Waals surface area contributed by atoms with Crippen LogP contribution in [0.15, 0.2) is 28.7 Å². The standard InChI is InChI=1S/C16H19ClFNO2/c1-3-7-19-9-13-8-12(11(2)21-13)10-20-15-6-4-5-14(17)16(15)18/h4-6,8,19H,3,7,9-10H2,1-2H3. The van der Waals surface area contributed by atoms with Crippen LogP contribution in [0.25, 0.3) is 0 Å². The van der Waals surface area contributed by atoms with Crippen LogP contribution in [-0.4, -0.2) is 6.54 Å². The lowest BCUT2D eigenvalue weighted by Gasteiger charge is -2.06. The molecule has 0 bridgehead atoms. The largest absolute Gasteiger partial charge is 0.486 e. The molecule has 21 heavy (non-hydrogen) atoms. The van der Waals surface area contributed by atoms with Crippen molar-refractivity contribution in [1.29, 1.82) is 0 Å². The first-order valence-corrected chi connectivity index (χ1v) is 7.35. The first-order valence-electron chi connectivity index (χ1n) is 6.97. The molecular weight excluding hydrogens is 293 g/mol. The van der Waals surface area contributed by atoms with Crippen LogP contribution in [0.1, 0.15) is 30.4 Å². The topological polar surface area (TPSA) is 34.4 Å². The number of benzene rings is 1. The SMILES string of the molecule is CCCNCc1cc(COc2cccc(Cl)c2F)c(C)o1. The molecule has 0 saturated carbocycles. The Labute approximate surface area is 129 Å². The zero-order chi connectivity index (χ0) is 15.2. The predicted molar refractivity (Wildman–Crippen MR) is 81.2 cm³/mol. The molecule has 0 atom stereocenters. The van der Waals surface area contributed by atoms with Crippen molar-refractivity contribution in [2.24, 2.45) is 0 Å². The summed E-state index contributed by atoms with van der Waals surface area (Å²) in [5.74, 6) is 1.25. The number of halogens is 2. The van der Waals surface area contributed by atoms with Gasteiger partial charge in [-0.1, -0.05) is 24.6 Å². The summed E-state index contributed by atoms with van der Waals surface area (Å²) in [5, 5.41) is 3.33. The van der Waals surface area contributed by atoms with Crippen molar-refractivity contribution in [2.45, 2.75) is 33.4 Å². The van der Waals surface area contributed by atoms with E-state index in [1.807, 2.05) is 13.0 Å². The van der Waals surface area contributed by atoms with E-state index in [1.165, 1.54) is 6.07 Å². The van der Waals surface area contributed by atoms with Gasteiger partial charge in [-0.3, -0.25) is 0 Å². The van der Waals surface area contributed by atoms with Crippen molar-refractivity contribution in [3.63, 3.8) is 0 Å². The predicted octanol–water partition coefficient (Wildman–Crippen LogP) is 4.46. The highest BCUT2D eigenvalue weighted by atomic mass is 35.5. The second kappa shape index (κ2) is 7.48. The lowest BCUT2D eigenvalue weighted by Crippen LogP contribution is -2.13. The molecule has 1 N–H and O–H groups in total. The molecule has 0 aliphatic rings. The van der Waals surface area contributed by atoms with Crippen molar-refractivity contribution in [3.8, 4) is 5.75 Å². The molecule has 2 rings (SSSR count). The highest BCUT2D eigenvalue weighted by Gasteiger charge is 2.11. The fourth-order valence-electron chi connectivity index (χ4n) is 1.96. The van der Waals surface area contributed by atoms with Gasteiger partial charge in [0, 0.05) is 5.56 Å². The third-order valence-corrected chi connectivity index (χ3v) is 3.39. The number of ether oxygens (including phenoxy) is 1. The van der Waals surface area contributed by atoms with Crippen LogP contribution < -0.4 is 10.1 Å². The molecule has 0 spiro atoms. The Morgan fingerprint density at radius 3 is 2.95 bits per heavy atom. The van der Waals surface area contributed by atoms with E-state index < -0.39 is 5.82 Å². The summed E-state index contributed by atoms with van der Waals surface area (Å²) in [6.07, 6.45) is 1.07. The quantitative estimate of drug-likeness (QED) is 0.767. The minimum absolute atomic E-state index is 0.0564. The van der Waals surface area contributed by atoms with Crippen molar-refractivity contribution in [1.82, 2.24) is 5.32 Å². The lowest BCUT2D eigenvalue weighted by molar-refractivity contribution is 0.287. The molecule has 0 unspecified atom stereocenters. The summed E-state index contributed by atoms with van der Waals surface area (Å²) in [5.41, 5.74) is 0.905. The summed E-state index contributed by atoms with van der Waals surface area (Å²) in [6, 6.07) is 6.63. The van der Waals surface area contributed by atoms with Crippen LogP contribution >= 0.6 is 11.6 Å². The second-order valence-electron chi connectivity index (χ2n) is 4.81. The first-order chi connectivity index (χ1) is 10.1. The molecular formula is C16H19ClFNO2. The number of furan rings is 1. The molecule has 3 nitrogen and oxygen atoms in total. The van der Waals surface area contributed by atoms with E-state index >= 15 is 0 Å². The Bertz CT molecular complexity index is 598. The number of aryl methyl sites for hydroxylation is 1. The van der Waals surface area contributed by atoms with Crippen LogP contribution in [0, 0.1) is 12.7 Å². The van der Waals surface area contributed by atoms with Gasteiger partial charge in [0.15, 0.2) is 11.6 Å². The van der Waals surface area contributed by atoms with Gasteiger partial charge in [-0.05, 0) is 38.1 Å². The summed E-state index contributed by atoms with van der Waals surface area (Å²) in [7, 11) is 0. The van der Waals surface area contributed by atoms with Crippen LogP contribution in [-0.2, 0) is 13.2 Å². The lowest BCUT2D eigenvalue weighted by atomic mass is 10.2. The third-order valence-electron chi connectivity index (χ3n) is 3.10. The second-order valence-corrected chi connectivity index (χ2v) is 5.22. The van der Waals surface area contributed by atoms with Gasteiger partial charge in [-0.2, -0.15) is 0 Å². The highest BCUT2D eigenvalue weighted by Crippen LogP contribution is 2.25. The number of hydrogen-bond acceptors (Lipinski definition) is 3. The van der Waals surface area contributed by atoms with E-state index in [4.69, 9.17) is 20.8 Å². The Kier molecular flexibility index (Phi) is 5.65. The van der Waals surface area contributed by atoms with Gasteiger partial charge in [0.25, 0.3) is 0 Å². The Morgan fingerprint density at radius 1 is 1.38 bits per heavy atom. The fourth-order valence-corrected chi connectivity index (χ4v) is 2.12. The van der Waals surface area contributed by atoms with E-state index in [-0.39, 0.29) is 17.4 Å². The van der Waals surface area contributed by atoms with Crippen molar-refractivity contribution < 1.29 is 13.5 Å². The molecule has 0 aliphatic carbocycles.